The Hall–Kier alpha value is -1.30. The minimum Gasteiger partial charge on any atom is -0.389 e. The fraction of sp³-hybridized carbons (Fsp3) is 0.667. The van der Waals surface area contributed by atoms with Crippen molar-refractivity contribution in [2.45, 2.75) is 33.0 Å². The average Bonchev–Trinajstić information content (AvgIpc) is 2.13. The molecule has 0 saturated heterocycles. The average molecular weight is 220 g/mol. The quantitative estimate of drug-likeness (QED) is 0.409. The number of Topliss-reactive ketones (excluding diaryl/α,β-unsaturated/α-hetero) is 1. The predicted molar refractivity (Wildman–Crippen MR) is 47.5 cm³/mol. The third-order valence-electron chi connectivity index (χ3n) is 1.67. The van der Waals surface area contributed by atoms with E-state index in [0.717, 1.165) is 6.92 Å². The molecule has 6 heteroatoms. The Morgan fingerprint density at radius 2 is 1.73 bits per heavy atom. The van der Waals surface area contributed by atoms with Crippen LogP contribution in [-0.4, -0.2) is 35.1 Å². The van der Waals surface area contributed by atoms with Gasteiger partial charge in [0.1, 0.15) is 0 Å². The van der Waals surface area contributed by atoms with Crippen molar-refractivity contribution < 1.29 is 28.6 Å². The lowest BCUT2D eigenvalue weighted by atomic mass is 10.0. The zero-order chi connectivity index (χ0) is 12.2. The van der Waals surface area contributed by atoms with Crippen LogP contribution >= 0.6 is 0 Å². The third-order valence-corrected chi connectivity index (χ3v) is 1.67. The van der Waals surface area contributed by atoms with Gasteiger partial charge in [-0.1, -0.05) is 13.8 Å². The molecule has 0 unspecified atom stereocenters. The predicted octanol–water partition coefficient (Wildman–Crippen LogP) is 0.000200. The van der Waals surface area contributed by atoms with Crippen LogP contribution in [0.25, 0.3) is 0 Å². The van der Waals surface area contributed by atoms with Gasteiger partial charge in [-0.3, -0.25) is 9.59 Å². The van der Waals surface area contributed by atoms with E-state index < -0.39 is 35.9 Å². The highest BCUT2D eigenvalue weighted by molar-refractivity contribution is 6.37. The van der Waals surface area contributed by atoms with Crippen LogP contribution in [0.1, 0.15) is 20.8 Å². The number of ketones is 1. The Labute approximate surface area is 86.2 Å². The third kappa shape index (κ3) is 4.16. The molecule has 2 atom stereocenters. The smallest absolute Gasteiger partial charge is 0.385 e. The van der Waals surface area contributed by atoms with Gasteiger partial charge in [0, 0.05) is 6.92 Å². The lowest BCUT2D eigenvalue weighted by Gasteiger charge is -2.16. The Kier molecular flexibility index (Phi) is 5.07. The molecule has 0 saturated carbocycles. The molecule has 0 aromatic rings. The van der Waals surface area contributed by atoms with Crippen molar-refractivity contribution in [3.8, 4) is 0 Å². The highest BCUT2D eigenvalue weighted by atomic mass is 19.1. The highest BCUT2D eigenvalue weighted by Crippen LogP contribution is 2.11. The Morgan fingerprint density at radius 3 is 2.07 bits per heavy atom. The standard InChI is InChI=1S/C9H13FO5/c1-4(2)7(12)6(10)8(13)9(14)15-5(3)11/h4,6-7,12H,1-3H3/t6-,7+/m1/s1. The molecule has 0 spiro atoms. The Bertz CT molecular complexity index is 274. The molecule has 0 fully saturated rings. The number of aliphatic hydroxyl groups excluding tert-OH is 1. The number of alkyl halides is 1. The lowest BCUT2D eigenvalue weighted by Crippen LogP contribution is -2.39. The number of hydrogen-bond donors (Lipinski definition) is 1. The molecule has 0 aliphatic rings. The molecule has 0 rings (SSSR count). The minimum atomic E-state index is -2.36. The molecule has 0 aliphatic heterocycles. The summed E-state index contributed by atoms with van der Waals surface area (Å²) in [7, 11) is 0. The summed E-state index contributed by atoms with van der Waals surface area (Å²) in [5, 5.41) is 9.16. The molecule has 5 nitrogen and oxygen atoms in total. The van der Waals surface area contributed by atoms with Crippen molar-refractivity contribution in [1.82, 2.24) is 0 Å². The van der Waals surface area contributed by atoms with E-state index in [1.165, 1.54) is 13.8 Å². The van der Waals surface area contributed by atoms with E-state index in [9.17, 15) is 18.8 Å². The monoisotopic (exact) mass is 220 g/mol. The van der Waals surface area contributed by atoms with Gasteiger partial charge in [0.05, 0.1) is 6.10 Å². The SMILES string of the molecule is CC(=O)OC(=O)C(=O)[C@H](F)[C@@H](O)C(C)C. The summed E-state index contributed by atoms with van der Waals surface area (Å²) in [6.07, 6.45) is -3.95. The maximum atomic E-state index is 13.1. The van der Waals surface area contributed by atoms with E-state index in [0.29, 0.717) is 0 Å². The van der Waals surface area contributed by atoms with Gasteiger partial charge in [0.2, 0.25) is 0 Å². The largest absolute Gasteiger partial charge is 0.389 e. The maximum Gasteiger partial charge on any atom is 0.385 e. The summed E-state index contributed by atoms with van der Waals surface area (Å²) in [5.41, 5.74) is 0. The van der Waals surface area contributed by atoms with Gasteiger partial charge in [-0.05, 0) is 5.92 Å². The first-order chi connectivity index (χ1) is 6.77. The van der Waals surface area contributed by atoms with Gasteiger partial charge < -0.3 is 9.84 Å². The Balaban J connectivity index is 4.44. The zero-order valence-corrected chi connectivity index (χ0v) is 8.69. The van der Waals surface area contributed by atoms with Crippen LogP contribution in [0.2, 0.25) is 0 Å². The van der Waals surface area contributed by atoms with E-state index in [1.54, 1.807) is 0 Å². The van der Waals surface area contributed by atoms with Gasteiger partial charge >= 0.3 is 11.9 Å². The maximum absolute atomic E-state index is 13.1. The number of carbonyl (C=O) groups excluding carboxylic acids is 3. The second kappa shape index (κ2) is 5.55. The van der Waals surface area contributed by atoms with E-state index in [2.05, 4.69) is 4.74 Å². The fourth-order valence-corrected chi connectivity index (χ4v) is 0.786. The van der Waals surface area contributed by atoms with E-state index in [4.69, 9.17) is 5.11 Å². The summed E-state index contributed by atoms with van der Waals surface area (Å²) in [4.78, 5) is 32.0. The number of ether oxygens (including phenoxy) is 1. The molecule has 0 aliphatic carbocycles. The van der Waals surface area contributed by atoms with Gasteiger partial charge in [-0.15, -0.1) is 0 Å². The zero-order valence-electron chi connectivity index (χ0n) is 8.69. The van der Waals surface area contributed by atoms with Crippen molar-refractivity contribution in [1.29, 1.82) is 0 Å². The number of halogens is 1. The Morgan fingerprint density at radius 1 is 1.27 bits per heavy atom. The molecule has 1 N–H and O–H groups in total. The van der Waals surface area contributed by atoms with E-state index in [1.807, 2.05) is 0 Å². The molecule has 0 heterocycles. The van der Waals surface area contributed by atoms with E-state index >= 15 is 0 Å². The molecule has 0 aromatic heterocycles. The summed E-state index contributed by atoms with van der Waals surface area (Å²) >= 11 is 0. The van der Waals surface area contributed by atoms with Crippen molar-refractivity contribution in [2.24, 2.45) is 5.92 Å². The van der Waals surface area contributed by atoms with Crippen LogP contribution in [0, 0.1) is 5.92 Å². The summed E-state index contributed by atoms with van der Waals surface area (Å²) < 4.78 is 17.0. The second-order valence-corrected chi connectivity index (χ2v) is 3.38. The van der Waals surface area contributed by atoms with Crippen molar-refractivity contribution in [3.63, 3.8) is 0 Å². The highest BCUT2D eigenvalue weighted by Gasteiger charge is 2.34. The first-order valence-electron chi connectivity index (χ1n) is 4.36. The van der Waals surface area contributed by atoms with Gasteiger partial charge in [-0.25, -0.2) is 9.18 Å². The second-order valence-electron chi connectivity index (χ2n) is 3.38. The first-order valence-corrected chi connectivity index (χ1v) is 4.36. The van der Waals surface area contributed by atoms with Crippen molar-refractivity contribution in [2.75, 3.05) is 0 Å². The summed E-state index contributed by atoms with van der Waals surface area (Å²) in [5.74, 6) is -4.66. The van der Waals surface area contributed by atoms with Gasteiger partial charge in [0.25, 0.3) is 5.78 Å². The van der Waals surface area contributed by atoms with E-state index in [-0.39, 0.29) is 0 Å². The van der Waals surface area contributed by atoms with Crippen LogP contribution in [0.4, 0.5) is 4.39 Å². The van der Waals surface area contributed by atoms with Crippen LogP contribution in [0.5, 0.6) is 0 Å². The lowest BCUT2D eigenvalue weighted by molar-refractivity contribution is -0.165. The molecular weight excluding hydrogens is 207 g/mol. The summed E-state index contributed by atoms with van der Waals surface area (Å²) in [6, 6.07) is 0. The first kappa shape index (κ1) is 13.7. The molecule has 0 amide bonds. The number of aliphatic hydroxyl groups is 1. The van der Waals surface area contributed by atoms with Crippen molar-refractivity contribution >= 4 is 17.7 Å². The molecule has 86 valence electrons. The minimum absolute atomic E-state index is 0.519. The van der Waals surface area contributed by atoms with Crippen LogP contribution < -0.4 is 0 Å². The number of esters is 2. The normalized spacial score (nSPS) is 14.5. The molecule has 0 bridgehead atoms. The molecular formula is C9H13FO5. The van der Waals surface area contributed by atoms with Crippen LogP contribution in [-0.2, 0) is 19.1 Å². The fourth-order valence-electron chi connectivity index (χ4n) is 0.786. The van der Waals surface area contributed by atoms with Gasteiger partial charge in [0.15, 0.2) is 6.17 Å². The van der Waals surface area contributed by atoms with Crippen molar-refractivity contribution in [3.05, 3.63) is 0 Å². The van der Waals surface area contributed by atoms with Crippen LogP contribution in [0.15, 0.2) is 0 Å². The van der Waals surface area contributed by atoms with Gasteiger partial charge in [-0.2, -0.15) is 0 Å². The number of rotatable bonds is 4. The molecule has 15 heavy (non-hydrogen) atoms. The molecule has 0 radical (unpaired) electrons. The topological polar surface area (TPSA) is 80.7 Å². The van der Waals surface area contributed by atoms with Crippen LogP contribution in [0.3, 0.4) is 0 Å². The number of carbonyl (C=O) groups is 3. The molecule has 0 aromatic carbocycles. The number of hydrogen-bond acceptors (Lipinski definition) is 5. The summed E-state index contributed by atoms with van der Waals surface area (Å²) in [6.45, 7) is 3.89.